The van der Waals surface area contributed by atoms with E-state index in [9.17, 15) is 4.79 Å². The van der Waals surface area contributed by atoms with Gasteiger partial charge in [-0.05, 0) is 12.8 Å². The highest BCUT2D eigenvalue weighted by Crippen LogP contribution is 2.25. The Kier molecular flexibility index (Phi) is 3.92. The van der Waals surface area contributed by atoms with E-state index >= 15 is 0 Å². The van der Waals surface area contributed by atoms with Gasteiger partial charge in [0.05, 0.1) is 0 Å². The number of hydrogen-bond donors (Lipinski definition) is 1. The Bertz CT molecular complexity index is 230. The van der Waals surface area contributed by atoms with Gasteiger partial charge in [0, 0.05) is 20.0 Å². The summed E-state index contributed by atoms with van der Waals surface area (Å²) in [6, 6.07) is 0. The van der Waals surface area contributed by atoms with Crippen molar-refractivity contribution in [2.75, 3.05) is 14.1 Å². The van der Waals surface area contributed by atoms with Crippen LogP contribution in [0.4, 0.5) is 0 Å². The predicted molar refractivity (Wildman–Crippen MR) is 55.3 cm³/mol. The summed E-state index contributed by atoms with van der Waals surface area (Å²) in [7, 11) is 3.51. The van der Waals surface area contributed by atoms with Crippen LogP contribution in [-0.4, -0.2) is 35.9 Å². The first-order chi connectivity index (χ1) is 6.61. The summed E-state index contributed by atoms with van der Waals surface area (Å²) in [5, 5.41) is 14.6. The lowest BCUT2D eigenvalue weighted by atomic mass is 9.86. The third kappa shape index (κ3) is 3.01. The van der Waals surface area contributed by atoms with Gasteiger partial charge in [0.1, 0.15) is 5.71 Å². The van der Waals surface area contributed by atoms with Gasteiger partial charge in [-0.2, -0.15) is 5.10 Å². The first-order valence-electron chi connectivity index (χ1n) is 5.10. The van der Waals surface area contributed by atoms with E-state index in [0.717, 1.165) is 25.7 Å². The van der Waals surface area contributed by atoms with Gasteiger partial charge in [0.15, 0.2) is 0 Å². The fraction of sp³-hybridized carbons (Fsp3) is 0.800. The number of carbonyl (C=O) groups is 1. The zero-order valence-corrected chi connectivity index (χ0v) is 8.86. The van der Waals surface area contributed by atoms with Crippen molar-refractivity contribution in [2.24, 2.45) is 11.0 Å². The minimum atomic E-state index is -0.870. The Hall–Kier alpha value is -1.06. The molecular weight excluding hydrogens is 180 g/mol. The second-order valence-corrected chi connectivity index (χ2v) is 3.97. The minimum absolute atomic E-state index is 0.156. The van der Waals surface area contributed by atoms with Crippen LogP contribution in [0.5, 0.6) is 0 Å². The molecule has 0 aromatic carbocycles. The Morgan fingerprint density at radius 2 is 1.86 bits per heavy atom. The Balaban J connectivity index is 2.71. The van der Waals surface area contributed by atoms with Gasteiger partial charge in [0.25, 0.3) is 0 Å². The topological polar surface area (TPSA) is 52.9 Å². The Labute approximate surface area is 84.6 Å². The molecule has 0 aliphatic heterocycles. The summed E-state index contributed by atoms with van der Waals surface area (Å²) in [5.41, 5.74) is 0.328. The van der Waals surface area contributed by atoms with E-state index in [1.807, 2.05) is 0 Å². The molecule has 1 rings (SSSR count). The fourth-order valence-corrected chi connectivity index (χ4v) is 1.89. The van der Waals surface area contributed by atoms with Crippen molar-refractivity contribution in [3.05, 3.63) is 0 Å². The molecule has 80 valence electrons. The van der Waals surface area contributed by atoms with Crippen LogP contribution in [0.25, 0.3) is 0 Å². The highest BCUT2D eigenvalue weighted by Gasteiger charge is 2.24. The largest absolute Gasteiger partial charge is 0.477 e. The van der Waals surface area contributed by atoms with Crippen LogP contribution in [0.1, 0.15) is 32.1 Å². The van der Waals surface area contributed by atoms with E-state index in [1.54, 1.807) is 19.1 Å². The highest BCUT2D eigenvalue weighted by atomic mass is 16.4. The second-order valence-electron chi connectivity index (χ2n) is 3.97. The van der Waals surface area contributed by atoms with Gasteiger partial charge in [-0.15, -0.1) is 0 Å². The lowest BCUT2D eigenvalue weighted by molar-refractivity contribution is -0.129. The summed E-state index contributed by atoms with van der Waals surface area (Å²) < 4.78 is 0. The van der Waals surface area contributed by atoms with Crippen molar-refractivity contribution < 1.29 is 9.90 Å². The summed E-state index contributed by atoms with van der Waals surface area (Å²) in [4.78, 5) is 11.0. The van der Waals surface area contributed by atoms with Crippen LogP contribution in [0, 0.1) is 5.92 Å². The number of hydrazone groups is 1. The van der Waals surface area contributed by atoms with Crippen molar-refractivity contribution >= 4 is 11.7 Å². The molecule has 0 aromatic heterocycles. The van der Waals surface area contributed by atoms with Crippen molar-refractivity contribution in [3.8, 4) is 0 Å². The van der Waals surface area contributed by atoms with Gasteiger partial charge >= 0.3 is 5.97 Å². The molecule has 0 saturated heterocycles. The molecule has 0 unspecified atom stereocenters. The quantitative estimate of drug-likeness (QED) is 0.553. The number of rotatable bonds is 3. The van der Waals surface area contributed by atoms with Crippen molar-refractivity contribution in [2.45, 2.75) is 32.1 Å². The normalized spacial score (nSPS) is 19.4. The molecule has 0 aromatic rings. The first-order valence-corrected chi connectivity index (χ1v) is 5.10. The number of hydrogen-bond acceptors (Lipinski definition) is 3. The molecule has 4 heteroatoms. The molecule has 0 heterocycles. The summed E-state index contributed by atoms with van der Waals surface area (Å²) in [6.07, 6.45) is 5.43. The molecule has 1 N–H and O–H groups in total. The molecule has 0 atom stereocenters. The van der Waals surface area contributed by atoms with Crippen LogP contribution in [0.15, 0.2) is 5.10 Å². The summed E-state index contributed by atoms with van der Waals surface area (Å²) in [6.45, 7) is 0. The van der Waals surface area contributed by atoms with E-state index in [2.05, 4.69) is 5.10 Å². The monoisotopic (exact) mass is 198 g/mol. The van der Waals surface area contributed by atoms with E-state index in [0.29, 0.717) is 5.71 Å². The third-order valence-corrected chi connectivity index (χ3v) is 2.52. The average molecular weight is 198 g/mol. The average Bonchev–Trinajstić information content (AvgIpc) is 2.15. The van der Waals surface area contributed by atoms with Crippen LogP contribution < -0.4 is 0 Å². The van der Waals surface area contributed by atoms with Crippen molar-refractivity contribution in [1.82, 2.24) is 5.01 Å². The summed E-state index contributed by atoms with van der Waals surface area (Å²) >= 11 is 0. The van der Waals surface area contributed by atoms with Crippen molar-refractivity contribution in [3.63, 3.8) is 0 Å². The number of aliphatic carboxylic acids is 1. The lowest BCUT2D eigenvalue weighted by Gasteiger charge is -2.21. The van der Waals surface area contributed by atoms with Gasteiger partial charge < -0.3 is 10.1 Å². The smallest absolute Gasteiger partial charge is 0.352 e. The highest BCUT2D eigenvalue weighted by molar-refractivity contribution is 6.36. The van der Waals surface area contributed by atoms with Crippen LogP contribution in [0.2, 0.25) is 0 Å². The second kappa shape index (κ2) is 4.98. The standard InChI is InChI=1S/C10H18N2O2/c1-12(2)11-9(10(13)14)8-6-4-3-5-7-8/h8H,3-7H2,1-2H3,(H,13,14)/b11-9+. The van der Waals surface area contributed by atoms with E-state index in [-0.39, 0.29) is 5.92 Å². The molecular formula is C10H18N2O2. The SMILES string of the molecule is CN(C)/N=C(/C(=O)O)C1CCCCC1. The van der Waals surface area contributed by atoms with Gasteiger partial charge in [0.2, 0.25) is 0 Å². The lowest BCUT2D eigenvalue weighted by Crippen LogP contribution is -2.28. The molecule has 4 nitrogen and oxygen atoms in total. The zero-order chi connectivity index (χ0) is 10.6. The molecule has 0 radical (unpaired) electrons. The molecule has 1 fully saturated rings. The van der Waals surface area contributed by atoms with Gasteiger partial charge in [-0.1, -0.05) is 19.3 Å². The maximum atomic E-state index is 11.0. The van der Waals surface area contributed by atoms with E-state index in [4.69, 9.17) is 5.11 Å². The molecule has 1 saturated carbocycles. The zero-order valence-electron chi connectivity index (χ0n) is 8.86. The van der Waals surface area contributed by atoms with Crippen LogP contribution in [-0.2, 0) is 4.79 Å². The number of nitrogens with zero attached hydrogens (tertiary/aromatic N) is 2. The maximum Gasteiger partial charge on any atom is 0.352 e. The predicted octanol–water partition coefficient (Wildman–Crippen LogP) is 1.57. The minimum Gasteiger partial charge on any atom is -0.477 e. The molecule has 1 aliphatic carbocycles. The first kappa shape index (κ1) is 11.0. The van der Waals surface area contributed by atoms with Gasteiger partial charge in [-0.3, -0.25) is 0 Å². The summed E-state index contributed by atoms with van der Waals surface area (Å²) in [5.74, 6) is -0.714. The van der Waals surface area contributed by atoms with E-state index < -0.39 is 5.97 Å². The molecule has 0 amide bonds. The van der Waals surface area contributed by atoms with Crippen LogP contribution in [0.3, 0.4) is 0 Å². The Morgan fingerprint density at radius 3 is 2.29 bits per heavy atom. The number of carboxylic acids is 1. The molecule has 0 bridgehead atoms. The van der Waals surface area contributed by atoms with Gasteiger partial charge in [-0.25, -0.2) is 4.79 Å². The fourth-order valence-electron chi connectivity index (χ4n) is 1.89. The maximum absolute atomic E-state index is 11.0. The molecule has 0 spiro atoms. The molecule has 14 heavy (non-hydrogen) atoms. The van der Waals surface area contributed by atoms with Crippen molar-refractivity contribution in [1.29, 1.82) is 0 Å². The number of carboxylic acid groups (broad SMARTS) is 1. The molecule has 1 aliphatic rings. The van der Waals surface area contributed by atoms with Crippen LogP contribution >= 0.6 is 0 Å². The van der Waals surface area contributed by atoms with E-state index in [1.165, 1.54) is 6.42 Å². The Morgan fingerprint density at radius 1 is 1.29 bits per heavy atom. The third-order valence-electron chi connectivity index (χ3n) is 2.52.